The molecule has 1 aliphatic rings. The van der Waals surface area contributed by atoms with Gasteiger partial charge in [-0.1, -0.05) is 42.5 Å². The van der Waals surface area contributed by atoms with Crippen molar-refractivity contribution in [3.63, 3.8) is 0 Å². The second kappa shape index (κ2) is 4.53. The van der Waals surface area contributed by atoms with Crippen molar-refractivity contribution in [2.24, 2.45) is 5.10 Å². The van der Waals surface area contributed by atoms with Gasteiger partial charge >= 0.3 is 6.03 Å². The lowest BCUT2D eigenvalue weighted by atomic mass is 10.1. The van der Waals surface area contributed by atoms with Crippen LogP contribution in [0.2, 0.25) is 0 Å². The van der Waals surface area contributed by atoms with Gasteiger partial charge in [0.25, 0.3) is 5.91 Å². The fourth-order valence-corrected chi connectivity index (χ4v) is 2.01. The number of amides is 3. The lowest BCUT2D eigenvalue weighted by Gasteiger charge is -2.05. The predicted molar refractivity (Wildman–Crippen MR) is 71.8 cm³/mol. The van der Waals surface area contributed by atoms with Crippen molar-refractivity contribution in [3.05, 3.63) is 48.0 Å². The summed E-state index contributed by atoms with van der Waals surface area (Å²) < 4.78 is 0. The minimum Gasteiger partial charge on any atom is -0.327 e. The zero-order chi connectivity index (χ0) is 13.2. The van der Waals surface area contributed by atoms with Gasteiger partial charge in [0.1, 0.15) is 6.54 Å². The number of rotatable bonds is 2. The third-order valence-electron chi connectivity index (χ3n) is 2.96. The van der Waals surface area contributed by atoms with Crippen molar-refractivity contribution in [3.8, 4) is 0 Å². The number of imide groups is 1. The quantitative estimate of drug-likeness (QED) is 0.654. The van der Waals surface area contributed by atoms with Crippen molar-refractivity contribution >= 4 is 28.9 Å². The summed E-state index contributed by atoms with van der Waals surface area (Å²) >= 11 is 0. The lowest BCUT2D eigenvalue weighted by molar-refractivity contribution is -0.124. The Morgan fingerprint density at radius 1 is 1.11 bits per heavy atom. The van der Waals surface area contributed by atoms with Crippen LogP contribution in [0.25, 0.3) is 10.8 Å². The molecule has 2 aromatic carbocycles. The second-order valence-electron chi connectivity index (χ2n) is 4.18. The summed E-state index contributed by atoms with van der Waals surface area (Å²) in [5, 5.41) is 9.33. The number of hydrogen-bond acceptors (Lipinski definition) is 3. The molecule has 0 spiro atoms. The highest BCUT2D eigenvalue weighted by atomic mass is 16.2. The molecule has 2 aromatic rings. The fraction of sp³-hybridized carbons (Fsp3) is 0.0714. The van der Waals surface area contributed by atoms with E-state index < -0.39 is 6.03 Å². The average molecular weight is 253 g/mol. The number of benzene rings is 2. The number of carbonyl (C=O) groups is 2. The van der Waals surface area contributed by atoms with Gasteiger partial charge in [-0.15, -0.1) is 5.01 Å². The molecular weight excluding hydrogens is 242 g/mol. The van der Waals surface area contributed by atoms with Gasteiger partial charge in [-0.25, -0.2) is 4.79 Å². The van der Waals surface area contributed by atoms with E-state index in [1.165, 1.54) is 6.21 Å². The third-order valence-corrected chi connectivity index (χ3v) is 2.96. The molecule has 1 saturated heterocycles. The Morgan fingerprint density at radius 2 is 1.89 bits per heavy atom. The van der Waals surface area contributed by atoms with Crippen LogP contribution in [0, 0.1) is 0 Å². The first-order chi connectivity index (χ1) is 9.25. The summed E-state index contributed by atoms with van der Waals surface area (Å²) in [6, 6.07) is 13.2. The van der Waals surface area contributed by atoms with Gasteiger partial charge in [0.2, 0.25) is 0 Å². The Labute approximate surface area is 109 Å². The second-order valence-corrected chi connectivity index (χ2v) is 4.18. The van der Waals surface area contributed by atoms with E-state index in [-0.39, 0.29) is 12.5 Å². The molecule has 1 N–H and O–H groups in total. The number of nitrogens with zero attached hydrogens (tertiary/aromatic N) is 2. The number of hydrazone groups is 1. The standard InChI is InChI=1S/C14H11N3O2/c18-13-9-15-14(19)17(13)16-8-11-6-3-5-10-4-1-2-7-12(10)11/h1-8H,9H2,(H,15,19). The van der Waals surface area contributed by atoms with Crippen molar-refractivity contribution in [1.82, 2.24) is 10.3 Å². The summed E-state index contributed by atoms with van der Waals surface area (Å²) in [7, 11) is 0. The highest BCUT2D eigenvalue weighted by Gasteiger charge is 2.27. The third kappa shape index (κ3) is 2.06. The Balaban J connectivity index is 1.97. The van der Waals surface area contributed by atoms with Crippen molar-refractivity contribution in [2.75, 3.05) is 6.54 Å². The summed E-state index contributed by atoms with van der Waals surface area (Å²) in [6.07, 6.45) is 1.53. The normalized spacial score (nSPS) is 15.5. The maximum atomic E-state index is 11.4. The van der Waals surface area contributed by atoms with E-state index in [2.05, 4.69) is 10.4 Å². The smallest absolute Gasteiger partial charge is 0.327 e. The molecule has 19 heavy (non-hydrogen) atoms. The van der Waals surface area contributed by atoms with Gasteiger partial charge < -0.3 is 5.32 Å². The molecule has 3 amide bonds. The van der Waals surface area contributed by atoms with E-state index in [0.717, 1.165) is 21.3 Å². The molecule has 1 heterocycles. The Hall–Kier alpha value is -2.69. The number of hydrogen-bond donors (Lipinski definition) is 1. The minimum atomic E-state index is -0.485. The van der Waals surface area contributed by atoms with Gasteiger partial charge in [-0.05, 0) is 10.8 Å². The minimum absolute atomic E-state index is 0.00567. The zero-order valence-electron chi connectivity index (χ0n) is 10.0. The van der Waals surface area contributed by atoms with Crippen molar-refractivity contribution in [2.45, 2.75) is 0 Å². The summed E-state index contributed by atoms with van der Waals surface area (Å²) in [5.41, 5.74) is 0.866. The molecule has 0 aliphatic carbocycles. The van der Waals surface area contributed by atoms with Gasteiger partial charge in [-0.3, -0.25) is 4.79 Å². The molecule has 1 fully saturated rings. The Bertz CT molecular complexity index is 673. The van der Waals surface area contributed by atoms with Gasteiger partial charge in [0, 0.05) is 5.56 Å². The Kier molecular flexibility index (Phi) is 2.72. The SMILES string of the molecule is O=C1CNC(=O)N1N=Cc1cccc2ccccc12. The Morgan fingerprint density at radius 3 is 2.68 bits per heavy atom. The summed E-state index contributed by atoms with van der Waals surface area (Å²) in [5.74, 6) is -0.346. The van der Waals surface area contributed by atoms with Gasteiger partial charge in [-0.2, -0.15) is 5.10 Å². The first-order valence-electron chi connectivity index (χ1n) is 5.88. The molecule has 5 heteroatoms. The highest BCUT2D eigenvalue weighted by molar-refractivity contribution is 6.04. The predicted octanol–water partition coefficient (Wildman–Crippen LogP) is 1.73. The molecule has 0 bridgehead atoms. The zero-order valence-corrected chi connectivity index (χ0v) is 10.0. The van der Waals surface area contributed by atoms with Crippen LogP contribution in [-0.4, -0.2) is 29.7 Å². The van der Waals surface area contributed by atoms with E-state index in [1.807, 2.05) is 42.5 Å². The number of urea groups is 1. The first-order valence-corrected chi connectivity index (χ1v) is 5.88. The van der Waals surface area contributed by atoms with Crippen LogP contribution >= 0.6 is 0 Å². The molecule has 5 nitrogen and oxygen atoms in total. The topological polar surface area (TPSA) is 61.8 Å². The van der Waals surface area contributed by atoms with Crippen LogP contribution < -0.4 is 5.32 Å². The first kappa shape index (κ1) is 11.4. The number of carbonyl (C=O) groups excluding carboxylic acids is 2. The van der Waals surface area contributed by atoms with E-state index in [0.29, 0.717) is 0 Å². The van der Waals surface area contributed by atoms with Crippen molar-refractivity contribution in [1.29, 1.82) is 0 Å². The maximum Gasteiger partial charge on any atom is 0.345 e. The molecule has 0 saturated carbocycles. The number of fused-ring (bicyclic) bond motifs is 1. The summed E-state index contributed by atoms with van der Waals surface area (Å²) in [4.78, 5) is 22.7. The summed E-state index contributed by atoms with van der Waals surface area (Å²) in [6.45, 7) is 0.00567. The highest BCUT2D eigenvalue weighted by Crippen LogP contribution is 2.17. The lowest BCUT2D eigenvalue weighted by Crippen LogP contribution is -2.25. The molecule has 94 valence electrons. The van der Waals surface area contributed by atoms with E-state index in [1.54, 1.807) is 0 Å². The number of nitrogens with one attached hydrogen (secondary N) is 1. The van der Waals surface area contributed by atoms with E-state index in [9.17, 15) is 9.59 Å². The molecule has 0 atom stereocenters. The molecule has 0 unspecified atom stereocenters. The monoisotopic (exact) mass is 253 g/mol. The van der Waals surface area contributed by atoms with Crippen LogP contribution in [0.15, 0.2) is 47.6 Å². The average Bonchev–Trinajstić information content (AvgIpc) is 2.76. The fourth-order valence-electron chi connectivity index (χ4n) is 2.01. The van der Waals surface area contributed by atoms with Gasteiger partial charge in [0.05, 0.1) is 6.21 Å². The molecule has 3 rings (SSSR count). The van der Waals surface area contributed by atoms with E-state index in [4.69, 9.17) is 0 Å². The molecule has 0 aromatic heterocycles. The van der Waals surface area contributed by atoms with Crippen LogP contribution in [0.1, 0.15) is 5.56 Å². The molecular formula is C14H11N3O2. The van der Waals surface area contributed by atoms with E-state index >= 15 is 0 Å². The molecule has 0 radical (unpaired) electrons. The molecule has 1 aliphatic heterocycles. The largest absolute Gasteiger partial charge is 0.345 e. The van der Waals surface area contributed by atoms with Crippen LogP contribution in [-0.2, 0) is 4.79 Å². The van der Waals surface area contributed by atoms with Gasteiger partial charge in [0.15, 0.2) is 0 Å². The maximum absolute atomic E-state index is 11.4. The van der Waals surface area contributed by atoms with Crippen LogP contribution in [0.3, 0.4) is 0 Å². The van der Waals surface area contributed by atoms with Crippen LogP contribution in [0.5, 0.6) is 0 Å². The van der Waals surface area contributed by atoms with Crippen LogP contribution in [0.4, 0.5) is 4.79 Å². The van der Waals surface area contributed by atoms with Crippen molar-refractivity contribution < 1.29 is 9.59 Å².